The maximum atomic E-state index is 3.72. The van der Waals surface area contributed by atoms with Gasteiger partial charge in [0.25, 0.3) is 0 Å². The van der Waals surface area contributed by atoms with Crippen LogP contribution in [-0.2, 0) is 0 Å². The summed E-state index contributed by atoms with van der Waals surface area (Å²) in [5.74, 6) is 1.72. The van der Waals surface area contributed by atoms with Crippen molar-refractivity contribution in [2.24, 2.45) is 17.3 Å². The van der Waals surface area contributed by atoms with Crippen molar-refractivity contribution in [1.82, 2.24) is 10.2 Å². The monoisotopic (exact) mass is 268 g/mol. The summed E-state index contributed by atoms with van der Waals surface area (Å²) < 4.78 is 0. The molecule has 1 N–H and O–H groups in total. The lowest BCUT2D eigenvalue weighted by Gasteiger charge is -2.37. The predicted octanol–water partition coefficient (Wildman–Crippen LogP) is 3.77. The summed E-state index contributed by atoms with van der Waals surface area (Å²) in [5, 5.41) is 3.72. The fraction of sp³-hybridized carbons (Fsp3) is 1.00. The first-order valence-electron chi connectivity index (χ1n) is 8.12. The number of nitrogens with zero attached hydrogens (tertiary/aromatic N) is 1. The summed E-state index contributed by atoms with van der Waals surface area (Å²) in [6.45, 7) is 21.3. The van der Waals surface area contributed by atoms with E-state index in [-0.39, 0.29) is 5.54 Å². The van der Waals surface area contributed by atoms with Gasteiger partial charge in [-0.3, -0.25) is 0 Å². The third-order valence-electron chi connectivity index (χ3n) is 4.57. The second-order valence-electron chi connectivity index (χ2n) is 8.31. The first-order chi connectivity index (χ1) is 8.65. The van der Waals surface area contributed by atoms with E-state index in [0.717, 1.165) is 18.4 Å². The van der Waals surface area contributed by atoms with E-state index in [2.05, 4.69) is 58.7 Å². The first kappa shape index (κ1) is 17.0. The number of likely N-dealkylation sites (tertiary alicyclic amines) is 1. The van der Waals surface area contributed by atoms with Gasteiger partial charge in [-0.2, -0.15) is 0 Å². The normalized spacial score (nSPS) is 28.6. The Bertz CT molecular complexity index is 259. The predicted molar refractivity (Wildman–Crippen MR) is 85.5 cm³/mol. The van der Waals surface area contributed by atoms with Crippen LogP contribution in [-0.4, -0.2) is 36.6 Å². The van der Waals surface area contributed by atoms with E-state index >= 15 is 0 Å². The van der Waals surface area contributed by atoms with E-state index < -0.39 is 0 Å². The molecule has 1 aliphatic rings. The Kier molecular flexibility index (Phi) is 5.88. The minimum atomic E-state index is 0.223. The molecule has 1 saturated heterocycles. The van der Waals surface area contributed by atoms with Crippen LogP contribution in [0.2, 0.25) is 0 Å². The van der Waals surface area contributed by atoms with Crippen molar-refractivity contribution in [3.63, 3.8) is 0 Å². The molecule has 3 atom stereocenters. The zero-order valence-electron chi connectivity index (χ0n) is 14.3. The molecule has 0 bridgehead atoms. The molecule has 0 radical (unpaired) electrons. The molecule has 1 aliphatic heterocycles. The molecule has 0 aliphatic carbocycles. The van der Waals surface area contributed by atoms with E-state index in [9.17, 15) is 0 Å². The van der Waals surface area contributed by atoms with Crippen LogP contribution in [0.1, 0.15) is 61.3 Å². The zero-order valence-corrected chi connectivity index (χ0v) is 14.3. The van der Waals surface area contributed by atoms with Crippen LogP contribution >= 0.6 is 0 Å². The average Bonchev–Trinajstić information content (AvgIpc) is 2.54. The van der Waals surface area contributed by atoms with Gasteiger partial charge in [0.1, 0.15) is 0 Å². The minimum absolute atomic E-state index is 0.223. The van der Waals surface area contributed by atoms with Gasteiger partial charge < -0.3 is 10.2 Å². The minimum Gasteiger partial charge on any atom is -0.311 e. The zero-order chi connectivity index (χ0) is 14.7. The van der Waals surface area contributed by atoms with E-state index in [1.54, 1.807) is 0 Å². The number of hydrogen-bond acceptors (Lipinski definition) is 2. The molecule has 1 heterocycles. The number of rotatable bonds is 6. The van der Waals surface area contributed by atoms with Crippen molar-refractivity contribution in [2.45, 2.75) is 66.8 Å². The molecular formula is C17H36N2. The van der Waals surface area contributed by atoms with Gasteiger partial charge >= 0.3 is 0 Å². The van der Waals surface area contributed by atoms with Gasteiger partial charge in [-0.1, -0.05) is 34.1 Å². The molecule has 0 spiro atoms. The largest absolute Gasteiger partial charge is 0.311 e. The Morgan fingerprint density at radius 2 is 1.58 bits per heavy atom. The van der Waals surface area contributed by atoms with E-state index in [4.69, 9.17) is 0 Å². The summed E-state index contributed by atoms with van der Waals surface area (Å²) in [4.78, 5) is 2.69. The third-order valence-corrected chi connectivity index (χ3v) is 4.57. The van der Waals surface area contributed by atoms with E-state index in [1.807, 2.05) is 0 Å². The van der Waals surface area contributed by atoms with Crippen molar-refractivity contribution in [3.05, 3.63) is 0 Å². The van der Waals surface area contributed by atoms with Crippen LogP contribution < -0.4 is 5.32 Å². The highest BCUT2D eigenvalue weighted by Gasteiger charge is 2.33. The molecule has 2 nitrogen and oxygen atoms in total. The fourth-order valence-electron chi connectivity index (χ4n) is 3.22. The van der Waals surface area contributed by atoms with Gasteiger partial charge in [-0.15, -0.1) is 0 Å². The standard InChI is InChI=1S/C17H36N2/c1-8-9-17(7,12-18-16(4,5)6)13-19-10-14(2)15(3)11-19/h14-15,18H,8-13H2,1-7H3. The lowest BCUT2D eigenvalue weighted by atomic mass is 9.84. The fourth-order valence-corrected chi connectivity index (χ4v) is 3.22. The molecule has 2 heteroatoms. The maximum Gasteiger partial charge on any atom is 0.00967 e. The molecule has 1 fully saturated rings. The van der Waals surface area contributed by atoms with Crippen molar-refractivity contribution in [1.29, 1.82) is 0 Å². The molecule has 0 aromatic carbocycles. The molecule has 1 rings (SSSR count). The quantitative estimate of drug-likeness (QED) is 0.789. The second kappa shape index (κ2) is 6.58. The van der Waals surface area contributed by atoms with Gasteiger partial charge in [0, 0.05) is 31.7 Å². The summed E-state index contributed by atoms with van der Waals surface area (Å²) >= 11 is 0. The van der Waals surface area contributed by atoms with Gasteiger partial charge in [0.05, 0.1) is 0 Å². The highest BCUT2D eigenvalue weighted by atomic mass is 15.2. The van der Waals surface area contributed by atoms with Crippen molar-refractivity contribution in [3.8, 4) is 0 Å². The topological polar surface area (TPSA) is 15.3 Å². The molecule has 19 heavy (non-hydrogen) atoms. The summed E-state index contributed by atoms with van der Waals surface area (Å²) in [7, 11) is 0. The van der Waals surface area contributed by atoms with Crippen LogP contribution in [0.4, 0.5) is 0 Å². The molecular weight excluding hydrogens is 232 g/mol. The Labute approximate surface area is 121 Å². The van der Waals surface area contributed by atoms with E-state index in [0.29, 0.717) is 5.41 Å². The van der Waals surface area contributed by atoms with Gasteiger partial charge in [-0.05, 0) is 44.4 Å². The van der Waals surface area contributed by atoms with Crippen molar-refractivity contribution < 1.29 is 0 Å². The summed E-state index contributed by atoms with van der Waals surface area (Å²) in [6.07, 6.45) is 2.59. The van der Waals surface area contributed by atoms with Gasteiger partial charge in [0.2, 0.25) is 0 Å². The Balaban J connectivity index is 2.56. The second-order valence-corrected chi connectivity index (χ2v) is 8.31. The summed E-state index contributed by atoms with van der Waals surface area (Å²) in [5.41, 5.74) is 0.631. The Morgan fingerprint density at radius 3 is 2.00 bits per heavy atom. The average molecular weight is 268 g/mol. The lowest BCUT2D eigenvalue weighted by molar-refractivity contribution is 0.157. The first-order valence-corrected chi connectivity index (χ1v) is 8.12. The SMILES string of the molecule is CCCC(C)(CNC(C)(C)C)CN1CC(C)C(C)C1. The van der Waals surface area contributed by atoms with Crippen molar-refractivity contribution in [2.75, 3.05) is 26.2 Å². The molecule has 114 valence electrons. The molecule has 0 amide bonds. The van der Waals surface area contributed by atoms with Crippen LogP contribution in [0, 0.1) is 17.3 Å². The molecule has 0 aromatic rings. The van der Waals surface area contributed by atoms with Crippen molar-refractivity contribution >= 4 is 0 Å². The molecule has 0 saturated carbocycles. The number of nitrogens with one attached hydrogen (secondary N) is 1. The van der Waals surface area contributed by atoms with Crippen LogP contribution in [0.3, 0.4) is 0 Å². The van der Waals surface area contributed by atoms with Gasteiger partial charge in [0.15, 0.2) is 0 Å². The highest BCUT2D eigenvalue weighted by Crippen LogP contribution is 2.29. The lowest BCUT2D eigenvalue weighted by Crippen LogP contribution is -2.47. The van der Waals surface area contributed by atoms with Crippen LogP contribution in [0.15, 0.2) is 0 Å². The van der Waals surface area contributed by atoms with Gasteiger partial charge in [-0.25, -0.2) is 0 Å². The number of hydrogen-bond donors (Lipinski definition) is 1. The molecule has 3 unspecified atom stereocenters. The van der Waals surface area contributed by atoms with Crippen LogP contribution in [0.25, 0.3) is 0 Å². The Hall–Kier alpha value is -0.0800. The third kappa shape index (κ3) is 5.83. The van der Waals surface area contributed by atoms with Crippen LogP contribution in [0.5, 0.6) is 0 Å². The maximum absolute atomic E-state index is 3.72. The molecule has 0 aromatic heterocycles. The smallest absolute Gasteiger partial charge is 0.00967 e. The Morgan fingerprint density at radius 1 is 1.05 bits per heavy atom. The summed E-state index contributed by atoms with van der Waals surface area (Å²) in [6, 6.07) is 0. The van der Waals surface area contributed by atoms with E-state index in [1.165, 1.54) is 32.5 Å². The highest BCUT2D eigenvalue weighted by molar-refractivity contribution is 4.87.